The van der Waals surface area contributed by atoms with E-state index in [9.17, 15) is 0 Å². The highest BCUT2D eigenvalue weighted by Gasteiger charge is 2.08. The summed E-state index contributed by atoms with van der Waals surface area (Å²) in [5.74, 6) is 0. The highest BCUT2D eigenvalue weighted by Crippen LogP contribution is 2.27. The molecule has 0 atom stereocenters. The van der Waals surface area contributed by atoms with Gasteiger partial charge in [-0.1, -0.05) is 30.7 Å². The third-order valence-corrected chi connectivity index (χ3v) is 3.16. The maximum Gasteiger partial charge on any atom is 0.0669 e. The molecule has 1 aromatic heterocycles. The summed E-state index contributed by atoms with van der Waals surface area (Å²) < 4.78 is 2.11. The van der Waals surface area contributed by atoms with Crippen molar-refractivity contribution in [3.63, 3.8) is 0 Å². The van der Waals surface area contributed by atoms with Crippen molar-refractivity contribution in [1.82, 2.24) is 9.88 Å². The van der Waals surface area contributed by atoms with Crippen LogP contribution in [0.15, 0.2) is 24.4 Å². The summed E-state index contributed by atoms with van der Waals surface area (Å²) >= 11 is 6.20. The third kappa shape index (κ3) is 2.08. The largest absolute Gasteiger partial charge is 0.349 e. The van der Waals surface area contributed by atoms with Gasteiger partial charge < -0.3 is 9.88 Å². The lowest BCUT2D eigenvalue weighted by molar-refractivity contribution is 0.717. The van der Waals surface area contributed by atoms with Crippen molar-refractivity contribution in [2.75, 3.05) is 13.1 Å². The molecule has 0 unspecified atom stereocenters. The molecule has 2 nitrogen and oxygen atoms in total. The van der Waals surface area contributed by atoms with Gasteiger partial charge in [0.15, 0.2) is 0 Å². The zero-order valence-electron chi connectivity index (χ0n) is 9.76. The Morgan fingerprint density at radius 2 is 2.19 bits per heavy atom. The lowest BCUT2D eigenvalue weighted by Gasteiger charge is -2.00. The number of aromatic nitrogens is 1. The Morgan fingerprint density at radius 1 is 1.38 bits per heavy atom. The minimum Gasteiger partial charge on any atom is -0.349 e. The van der Waals surface area contributed by atoms with Crippen LogP contribution in [0.25, 0.3) is 10.9 Å². The van der Waals surface area contributed by atoms with E-state index in [0.29, 0.717) is 0 Å². The van der Waals surface area contributed by atoms with Gasteiger partial charge in [0.05, 0.1) is 10.5 Å². The van der Waals surface area contributed by atoms with E-state index < -0.39 is 0 Å². The van der Waals surface area contributed by atoms with E-state index in [0.717, 1.165) is 30.0 Å². The first kappa shape index (κ1) is 11.5. The van der Waals surface area contributed by atoms with Gasteiger partial charge in [0.25, 0.3) is 0 Å². The van der Waals surface area contributed by atoms with Crippen molar-refractivity contribution in [3.8, 4) is 0 Å². The molecule has 86 valence electrons. The number of rotatable bonds is 4. The summed E-state index contributed by atoms with van der Waals surface area (Å²) in [4.78, 5) is 0. The minimum absolute atomic E-state index is 0.828. The summed E-state index contributed by atoms with van der Waals surface area (Å²) in [5, 5.41) is 5.44. The predicted octanol–water partition coefficient (Wildman–Crippen LogP) is 2.98. The number of nitrogens with zero attached hydrogens (tertiary/aromatic N) is 1. The van der Waals surface area contributed by atoms with Gasteiger partial charge in [0, 0.05) is 18.6 Å². The number of halogens is 1. The second kappa shape index (κ2) is 4.89. The number of hydrogen-bond acceptors (Lipinski definition) is 1. The van der Waals surface area contributed by atoms with Gasteiger partial charge in [-0.2, -0.15) is 0 Å². The fraction of sp³-hybridized carbons (Fsp3) is 0.385. The van der Waals surface area contributed by atoms with Crippen molar-refractivity contribution < 1.29 is 0 Å². The van der Waals surface area contributed by atoms with Crippen LogP contribution in [0.5, 0.6) is 0 Å². The SMILES string of the molecule is CCNCCc1cn(C)c2c(Cl)cccc12. The first-order valence-corrected chi connectivity index (χ1v) is 6.05. The summed E-state index contributed by atoms with van der Waals surface area (Å²) in [6, 6.07) is 6.10. The number of likely N-dealkylation sites (N-methyl/N-ethyl adjacent to an activating group) is 1. The molecule has 3 heteroatoms. The maximum absolute atomic E-state index is 6.20. The van der Waals surface area contributed by atoms with Crippen LogP contribution in [0.2, 0.25) is 5.02 Å². The van der Waals surface area contributed by atoms with E-state index in [1.165, 1.54) is 10.9 Å². The molecule has 0 fully saturated rings. The van der Waals surface area contributed by atoms with Crippen LogP contribution in [-0.2, 0) is 13.5 Å². The molecule has 1 N–H and O–H groups in total. The molecule has 0 saturated carbocycles. The van der Waals surface area contributed by atoms with Crippen LogP contribution in [0.3, 0.4) is 0 Å². The van der Waals surface area contributed by atoms with Crippen LogP contribution in [-0.4, -0.2) is 17.7 Å². The lowest BCUT2D eigenvalue weighted by atomic mass is 10.1. The van der Waals surface area contributed by atoms with Crippen LogP contribution in [0, 0.1) is 0 Å². The zero-order valence-corrected chi connectivity index (χ0v) is 10.5. The summed E-state index contributed by atoms with van der Waals surface area (Å²) in [7, 11) is 2.05. The van der Waals surface area contributed by atoms with Gasteiger partial charge in [-0.05, 0) is 31.1 Å². The Kier molecular flexibility index (Phi) is 3.52. The van der Waals surface area contributed by atoms with E-state index in [2.05, 4.69) is 29.1 Å². The average molecular weight is 237 g/mol. The summed E-state index contributed by atoms with van der Waals surface area (Å²) in [6.07, 6.45) is 3.22. The Hall–Kier alpha value is -0.990. The second-order valence-corrected chi connectivity index (χ2v) is 4.41. The molecule has 0 saturated heterocycles. The van der Waals surface area contributed by atoms with Crippen molar-refractivity contribution in [3.05, 3.63) is 35.0 Å². The molecule has 2 rings (SSSR count). The molecular formula is C13H17ClN2. The number of fused-ring (bicyclic) bond motifs is 1. The summed E-state index contributed by atoms with van der Waals surface area (Å²) in [5.41, 5.74) is 2.50. The van der Waals surface area contributed by atoms with E-state index in [4.69, 9.17) is 11.6 Å². The van der Waals surface area contributed by atoms with Crippen molar-refractivity contribution in [1.29, 1.82) is 0 Å². The average Bonchev–Trinajstić information content (AvgIpc) is 2.58. The Labute approximate surface area is 101 Å². The molecule has 2 aromatic rings. The van der Waals surface area contributed by atoms with E-state index >= 15 is 0 Å². The van der Waals surface area contributed by atoms with Crippen molar-refractivity contribution >= 4 is 22.5 Å². The predicted molar refractivity (Wildman–Crippen MR) is 70.2 cm³/mol. The first-order chi connectivity index (χ1) is 7.74. The third-order valence-electron chi connectivity index (χ3n) is 2.86. The molecule has 0 radical (unpaired) electrons. The molecule has 0 aliphatic rings. The van der Waals surface area contributed by atoms with Gasteiger partial charge in [0.1, 0.15) is 0 Å². The molecule has 16 heavy (non-hydrogen) atoms. The lowest BCUT2D eigenvalue weighted by Crippen LogP contribution is -2.15. The van der Waals surface area contributed by atoms with Crippen LogP contribution >= 0.6 is 11.6 Å². The Bertz CT molecular complexity index is 488. The zero-order chi connectivity index (χ0) is 11.5. The van der Waals surface area contributed by atoms with E-state index in [1.54, 1.807) is 0 Å². The highest BCUT2D eigenvalue weighted by molar-refractivity contribution is 6.35. The smallest absolute Gasteiger partial charge is 0.0669 e. The number of nitrogens with one attached hydrogen (secondary N) is 1. The van der Waals surface area contributed by atoms with Gasteiger partial charge >= 0.3 is 0 Å². The number of hydrogen-bond donors (Lipinski definition) is 1. The van der Waals surface area contributed by atoms with Gasteiger partial charge in [-0.3, -0.25) is 0 Å². The fourth-order valence-corrected chi connectivity index (χ4v) is 2.41. The maximum atomic E-state index is 6.20. The Morgan fingerprint density at radius 3 is 2.94 bits per heavy atom. The van der Waals surface area contributed by atoms with Crippen LogP contribution < -0.4 is 5.32 Å². The van der Waals surface area contributed by atoms with Crippen molar-refractivity contribution in [2.24, 2.45) is 7.05 Å². The van der Waals surface area contributed by atoms with E-state index in [-0.39, 0.29) is 0 Å². The monoisotopic (exact) mass is 236 g/mol. The second-order valence-electron chi connectivity index (χ2n) is 4.00. The first-order valence-electron chi connectivity index (χ1n) is 5.67. The number of para-hydroxylation sites is 1. The van der Waals surface area contributed by atoms with Gasteiger partial charge in [-0.25, -0.2) is 0 Å². The highest BCUT2D eigenvalue weighted by atomic mass is 35.5. The normalized spacial score (nSPS) is 11.2. The number of aryl methyl sites for hydroxylation is 1. The molecule has 0 bridgehead atoms. The standard InChI is InChI=1S/C13H17ClN2/c1-3-15-8-7-10-9-16(2)13-11(10)5-4-6-12(13)14/h4-6,9,15H,3,7-8H2,1-2H3. The molecular weight excluding hydrogens is 220 g/mol. The molecule has 0 spiro atoms. The topological polar surface area (TPSA) is 17.0 Å². The molecule has 1 aromatic carbocycles. The van der Waals surface area contributed by atoms with Gasteiger partial charge in [-0.15, -0.1) is 0 Å². The summed E-state index contributed by atoms with van der Waals surface area (Å²) in [6.45, 7) is 4.16. The van der Waals surface area contributed by atoms with Crippen LogP contribution in [0.4, 0.5) is 0 Å². The van der Waals surface area contributed by atoms with Gasteiger partial charge in [0.2, 0.25) is 0 Å². The van der Waals surface area contributed by atoms with Crippen molar-refractivity contribution in [2.45, 2.75) is 13.3 Å². The van der Waals surface area contributed by atoms with E-state index in [1.807, 2.05) is 19.2 Å². The quantitative estimate of drug-likeness (QED) is 0.808. The molecule has 0 amide bonds. The number of benzene rings is 1. The molecule has 1 heterocycles. The minimum atomic E-state index is 0.828. The van der Waals surface area contributed by atoms with Crippen LogP contribution in [0.1, 0.15) is 12.5 Å². The molecule has 0 aliphatic heterocycles. The Balaban J connectivity index is 2.36. The fourth-order valence-electron chi connectivity index (χ4n) is 2.10. The molecule has 0 aliphatic carbocycles.